The maximum atomic E-state index is 12.3. The molecule has 0 radical (unpaired) electrons. The summed E-state index contributed by atoms with van der Waals surface area (Å²) in [5, 5.41) is 4.15. The smallest absolute Gasteiger partial charge is 0.244 e. The third-order valence-corrected chi connectivity index (χ3v) is 6.09. The number of hydrogen-bond donors (Lipinski definition) is 1. The molecular weight excluding hydrogens is 354 g/mol. The zero-order valence-corrected chi connectivity index (χ0v) is 15.6. The number of carbonyl (C=O) groups is 1. The first kappa shape index (κ1) is 16.5. The molecule has 1 aromatic rings. The Morgan fingerprint density at radius 2 is 2.22 bits per heavy atom. The van der Waals surface area contributed by atoms with Gasteiger partial charge in [0.2, 0.25) is 5.91 Å². The molecule has 1 aromatic carbocycles. The summed E-state index contributed by atoms with van der Waals surface area (Å²) in [6.45, 7) is 2.25. The lowest BCUT2D eigenvalue weighted by Crippen LogP contribution is -2.22. The number of fused-ring (bicyclic) bond motifs is 1. The molecule has 2 aliphatic rings. The van der Waals surface area contributed by atoms with Gasteiger partial charge in [-0.1, -0.05) is 25.8 Å². The topological polar surface area (TPSA) is 44.7 Å². The van der Waals surface area contributed by atoms with E-state index in [4.69, 9.17) is 0 Å². The Morgan fingerprint density at radius 3 is 2.83 bits per heavy atom. The van der Waals surface area contributed by atoms with Gasteiger partial charge >= 0.3 is 0 Å². The number of hydrogen-bond acceptors (Lipinski definition) is 3. The fourth-order valence-electron chi connectivity index (χ4n) is 4.06. The monoisotopic (exact) mass is 377 g/mol. The summed E-state index contributed by atoms with van der Waals surface area (Å²) >= 11 is 3.56. The van der Waals surface area contributed by atoms with E-state index in [-0.39, 0.29) is 17.2 Å². The molecule has 23 heavy (non-hydrogen) atoms. The lowest BCUT2D eigenvalue weighted by molar-refractivity contribution is -0.123. The highest BCUT2D eigenvalue weighted by Crippen LogP contribution is 2.66. The van der Waals surface area contributed by atoms with Gasteiger partial charge in [-0.2, -0.15) is 5.10 Å². The van der Waals surface area contributed by atoms with E-state index in [1.165, 1.54) is 25.7 Å². The van der Waals surface area contributed by atoms with Crippen LogP contribution in [-0.2, 0) is 4.79 Å². The van der Waals surface area contributed by atoms with Crippen LogP contribution >= 0.6 is 15.9 Å². The van der Waals surface area contributed by atoms with Crippen molar-refractivity contribution in [3.63, 3.8) is 0 Å². The number of amides is 1. The summed E-state index contributed by atoms with van der Waals surface area (Å²) in [7, 11) is 4.01. The fraction of sp³-hybridized carbons (Fsp3) is 0.556. The van der Waals surface area contributed by atoms with E-state index >= 15 is 0 Å². The number of anilines is 1. The van der Waals surface area contributed by atoms with Gasteiger partial charge < -0.3 is 4.90 Å². The quantitative estimate of drug-likeness (QED) is 0.640. The van der Waals surface area contributed by atoms with Crippen LogP contribution < -0.4 is 10.3 Å². The van der Waals surface area contributed by atoms with Crippen LogP contribution in [0.5, 0.6) is 0 Å². The van der Waals surface area contributed by atoms with E-state index in [0.29, 0.717) is 5.92 Å². The molecule has 4 nitrogen and oxygen atoms in total. The number of hydrazone groups is 1. The van der Waals surface area contributed by atoms with Crippen LogP contribution in [0.2, 0.25) is 0 Å². The van der Waals surface area contributed by atoms with Gasteiger partial charge in [-0.15, -0.1) is 0 Å². The molecular formula is C18H24BrN3O. The minimum Gasteiger partial charge on any atom is -0.377 e. The molecule has 0 bridgehead atoms. The summed E-state index contributed by atoms with van der Waals surface area (Å²) in [6.07, 6.45) is 6.60. The standard InChI is InChI=1S/C18H24BrN3O/c1-18-9-5-4-6-13(18)16(18)17(23)21-20-11-12-7-8-15(22(2)3)14(19)10-12/h7-8,10-11,13,16H,4-6,9H2,1-3H3,(H,21,23)/b20-11-/t13-,16-,18+/m1/s1. The molecule has 0 saturated heterocycles. The van der Waals surface area contributed by atoms with Crippen molar-refractivity contribution in [2.24, 2.45) is 22.4 Å². The first-order valence-corrected chi connectivity index (χ1v) is 9.02. The second kappa shape index (κ2) is 6.27. The van der Waals surface area contributed by atoms with Crippen molar-refractivity contribution in [3.05, 3.63) is 28.2 Å². The van der Waals surface area contributed by atoms with Crippen molar-refractivity contribution >= 4 is 33.7 Å². The summed E-state index contributed by atoms with van der Waals surface area (Å²) < 4.78 is 1.01. The number of halogens is 1. The number of carbonyl (C=O) groups excluding carboxylic acids is 1. The third kappa shape index (κ3) is 3.16. The molecule has 0 unspecified atom stereocenters. The Kier molecular flexibility index (Phi) is 4.50. The number of benzene rings is 1. The lowest BCUT2D eigenvalue weighted by Gasteiger charge is -2.15. The minimum atomic E-state index is 0.0830. The van der Waals surface area contributed by atoms with E-state index < -0.39 is 0 Å². The molecule has 1 N–H and O–H groups in total. The van der Waals surface area contributed by atoms with E-state index in [2.05, 4.69) is 33.4 Å². The Balaban J connectivity index is 1.59. The Labute approximate surface area is 146 Å². The molecule has 2 fully saturated rings. The predicted molar refractivity (Wildman–Crippen MR) is 97.8 cm³/mol. The zero-order valence-electron chi connectivity index (χ0n) is 14.0. The van der Waals surface area contributed by atoms with E-state index in [1.54, 1.807) is 6.21 Å². The fourth-order valence-corrected chi connectivity index (χ4v) is 4.81. The Hall–Kier alpha value is -1.36. The second-order valence-electron chi connectivity index (χ2n) is 7.18. The normalized spacial score (nSPS) is 29.2. The first-order valence-electron chi connectivity index (χ1n) is 8.23. The second-order valence-corrected chi connectivity index (χ2v) is 8.03. The Bertz CT molecular complexity index is 643. The van der Waals surface area contributed by atoms with Crippen molar-refractivity contribution < 1.29 is 4.79 Å². The molecule has 3 rings (SSSR count). The van der Waals surface area contributed by atoms with Gasteiger partial charge in [0, 0.05) is 24.5 Å². The van der Waals surface area contributed by atoms with Gasteiger partial charge in [0.05, 0.1) is 11.9 Å². The van der Waals surface area contributed by atoms with Crippen molar-refractivity contribution in [2.75, 3.05) is 19.0 Å². The highest BCUT2D eigenvalue weighted by atomic mass is 79.9. The number of rotatable bonds is 4. The van der Waals surface area contributed by atoms with Crippen LogP contribution in [0.1, 0.15) is 38.2 Å². The average Bonchev–Trinajstić information content (AvgIpc) is 3.12. The van der Waals surface area contributed by atoms with Gasteiger partial charge in [-0.25, -0.2) is 5.43 Å². The van der Waals surface area contributed by atoms with Gasteiger partial charge in [-0.05, 0) is 57.8 Å². The molecule has 124 valence electrons. The molecule has 0 spiro atoms. The predicted octanol–water partition coefficient (Wildman–Crippen LogP) is 3.79. The average molecular weight is 378 g/mol. The van der Waals surface area contributed by atoms with Crippen molar-refractivity contribution in [1.29, 1.82) is 0 Å². The molecule has 0 heterocycles. The van der Waals surface area contributed by atoms with Crippen LogP contribution in [0.25, 0.3) is 0 Å². The molecule has 3 atom stereocenters. The molecule has 1 amide bonds. The van der Waals surface area contributed by atoms with Gasteiger partial charge in [-0.3, -0.25) is 4.79 Å². The number of nitrogens with zero attached hydrogens (tertiary/aromatic N) is 2. The van der Waals surface area contributed by atoms with Crippen LogP contribution in [0.15, 0.2) is 27.8 Å². The van der Waals surface area contributed by atoms with E-state index in [0.717, 1.165) is 15.7 Å². The van der Waals surface area contributed by atoms with Gasteiger partial charge in [0.1, 0.15) is 0 Å². The first-order chi connectivity index (χ1) is 10.9. The van der Waals surface area contributed by atoms with E-state index in [1.807, 2.05) is 37.2 Å². The third-order valence-electron chi connectivity index (χ3n) is 5.46. The Morgan fingerprint density at radius 1 is 1.43 bits per heavy atom. The molecule has 2 saturated carbocycles. The van der Waals surface area contributed by atoms with Crippen LogP contribution in [0.3, 0.4) is 0 Å². The maximum absolute atomic E-state index is 12.3. The van der Waals surface area contributed by atoms with Crippen molar-refractivity contribution in [2.45, 2.75) is 32.6 Å². The van der Waals surface area contributed by atoms with Crippen LogP contribution in [0, 0.1) is 17.3 Å². The summed E-state index contributed by atoms with van der Waals surface area (Å²) in [5.74, 6) is 0.810. The summed E-state index contributed by atoms with van der Waals surface area (Å²) in [6, 6.07) is 6.03. The highest BCUT2D eigenvalue weighted by Gasteiger charge is 2.64. The van der Waals surface area contributed by atoms with Gasteiger partial charge in [0.25, 0.3) is 0 Å². The summed E-state index contributed by atoms with van der Waals surface area (Å²) in [4.78, 5) is 14.4. The lowest BCUT2D eigenvalue weighted by atomic mass is 9.90. The minimum absolute atomic E-state index is 0.0830. The van der Waals surface area contributed by atoms with Crippen LogP contribution in [0.4, 0.5) is 5.69 Å². The molecule has 5 heteroatoms. The van der Waals surface area contributed by atoms with Crippen molar-refractivity contribution in [1.82, 2.24) is 5.43 Å². The van der Waals surface area contributed by atoms with Gasteiger partial charge in [0.15, 0.2) is 0 Å². The van der Waals surface area contributed by atoms with E-state index in [9.17, 15) is 4.79 Å². The number of nitrogens with one attached hydrogen (secondary N) is 1. The molecule has 0 aliphatic heterocycles. The maximum Gasteiger partial charge on any atom is 0.244 e. The zero-order chi connectivity index (χ0) is 16.6. The molecule has 2 aliphatic carbocycles. The highest BCUT2D eigenvalue weighted by molar-refractivity contribution is 9.10. The van der Waals surface area contributed by atoms with Crippen molar-refractivity contribution in [3.8, 4) is 0 Å². The molecule has 0 aromatic heterocycles. The summed E-state index contributed by atoms with van der Waals surface area (Å²) in [5.41, 5.74) is 5.04. The largest absolute Gasteiger partial charge is 0.377 e. The van der Waals surface area contributed by atoms with Crippen LogP contribution in [-0.4, -0.2) is 26.2 Å². The SMILES string of the molecule is CN(C)c1ccc(/C=N\NC(=O)[C@H]2[C@H]3CCCC[C@@]32C)cc1Br.